The van der Waals surface area contributed by atoms with Crippen LogP contribution in [0.2, 0.25) is 0 Å². The summed E-state index contributed by atoms with van der Waals surface area (Å²) in [6.45, 7) is 6.24. The molecule has 1 aromatic carbocycles. The van der Waals surface area contributed by atoms with Crippen molar-refractivity contribution in [2.24, 2.45) is 0 Å². The molecule has 0 saturated heterocycles. The molecule has 1 aliphatic rings. The lowest BCUT2D eigenvalue weighted by atomic mass is 9.94. The SMILES string of the molecule is CCC(NC(=O)NC(C)C1COc2ccccc21)c1noc(C)n1. The highest BCUT2D eigenvalue weighted by atomic mass is 16.5. The molecule has 2 N–H and O–H groups in total. The lowest BCUT2D eigenvalue weighted by Gasteiger charge is -2.22. The third kappa shape index (κ3) is 3.34. The van der Waals surface area contributed by atoms with E-state index in [0.717, 1.165) is 11.3 Å². The molecule has 0 radical (unpaired) electrons. The number of nitrogens with zero attached hydrogens (tertiary/aromatic N) is 2. The highest BCUT2D eigenvalue weighted by Crippen LogP contribution is 2.35. The van der Waals surface area contributed by atoms with Crippen LogP contribution in [0, 0.1) is 6.92 Å². The fourth-order valence-electron chi connectivity index (χ4n) is 2.91. The zero-order valence-electron chi connectivity index (χ0n) is 14.1. The summed E-state index contributed by atoms with van der Waals surface area (Å²) in [5, 5.41) is 9.76. The van der Waals surface area contributed by atoms with E-state index in [9.17, 15) is 4.79 Å². The van der Waals surface area contributed by atoms with Crippen molar-refractivity contribution >= 4 is 6.03 Å². The molecule has 1 aliphatic heterocycles. The number of ether oxygens (including phenoxy) is 1. The Hall–Kier alpha value is -2.57. The standard InChI is InChI=1S/C17H22N4O3/c1-4-14(16-19-11(3)24-21-16)20-17(22)18-10(2)13-9-23-15-8-6-5-7-12(13)15/h5-8,10,13-14H,4,9H2,1-3H3,(H2,18,20,22). The fourth-order valence-corrected chi connectivity index (χ4v) is 2.91. The topological polar surface area (TPSA) is 89.3 Å². The van der Waals surface area contributed by atoms with E-state index in [-0.39, 0.29) is 24.0 Å². The molecule has 3 rings (SSSR count). The summed E-state index contributed by atoms with van der Waals surface area (Å²) in [6, 6.07) is 7.35. The van der Waals surface area contributed by atoms with Crippen LogP contribution in [0.1, 0.15) is 49.5 Å². The lowest BCUT2D eigenvalue weighted by molar-refractivity contribution is 0.228. The summed E-state index contributed by atoms with van der Waals surface area (Å²) in [5.74, 6) is 2.01. The van der Waals surface area contributed by atoms with Crippen molar-refractivity contribution in [1.82, 2.24) is 20.8 Å². The third-order valence-electron chi connectivity index (χ3n) is 4.27. The molecule has 0 aliphatic carbocycles. The minimum Gasteiger partial charge on any atom is -0.493 e. The molecule has 2 amide bonds. The van der Waals surface area contributed by atoms with Gasteiger partial charge in [-0.2, -0.15) is 4.98 Å². The highest BCUT2D eigenvalue weighted by molar-refractivity contribution is 5.74. The van der Waals surface area contributed by atoms with Crippen molar-refractivity contribution in [3.8, 4) is 5.75 Å². The Bertz CT molecular complexity index is 715. The molecule has 0 fully saturated rings. The summed E-state index contributed by atoms with van der Waals surface area (Å²) < 4.78 is 10.7. The first-order valence-corrected chi connectivity index (χ1v) is 8.17. The normalized spacial score (nSPS) is 18.4. The van der Waals surface area contributed by atoms with Crippen LogP contribution >= 0.6 is 0 Å². The summed E-state index contributed by atoms with van der Waals surface area (Å²) in [5.41, 5.74) is 1.13. The van der Waals surface area contributed by atoms with E-state index in [1.54, 1.807) is 6.92 Å². The molecule has 3 atom stereocenters. The number of carbonyl (C=O) groups excluding carboxylic acids is 1. The first-order chi connectivity index (χ1) is 11.6. The van der Waals surface area contributed by atoms with Crippen molar-refractivity contribution in [2.45, 2.75) is 45.2 Å². The number of benzene rings is 1. The molecule has 7 heteroatoms. The van der Waals surface area contributed by atoms with Crippen molar-refractivity contribution in [1.29, 1.82) is 0 Å². The Balaban J connectivity index is 1.60. The number of aromatic nitrogens is 2. The van der Waals surface area contributed by atoms with Gasteiger partial charge < -0.3 is 19.9 Å². The van der Waals surface area contributed by atoms with E-state index >= 15 is 0 Å². The van der Waals surface area contributed by atoms with Gasteiger partial charge in [0.2, 0.25) is 5.89 Å². The predicted molar refractivity (Wildman–Crippen MR) is 87.9 cm³/mol. The molecule has 0 bridgehead atoms. The molecule has 1 aromatic heterocycles. The largest absolute Gasteiger partial charge is 0.493 e. The Kier molecular flexibility index (Phi) is 4.69. The van der Waals surface area contributed by atoms with E-state index in [0.29, 0.717) is 24.7 Å². The van der Waals surface area contributed by atoms with Crippen LogP contribution in [-0.2, 0) is 0 Å². The zero-order valence-corrected chi connectivity index (χ0v) is 14.1. The van der Waals surface area contributed by atoms with E-state index < -0.39 is 0 Å². The van der Waals surface area contributed by atoms with Gasteiger partial charge in [0.1, 0.15) is 5.75 Å². The average Bonchev–Trinajstić information content (AvgIpc) is 3.18. The van der Waals surface area contributed by atoms with Crippen LogP contribution in [0.25, 0.3) is 0 Å². The molecule has 0 spiro atoms. The number of aryl methyl sites for hydroxylation is 1. The Morgan fingerprint density at radius 2 is 2.17 bits per heavy atom. The minimum absolute atomic E-state index is 0.0573. The van der Waals surface area contributed by atoms with Crippen LogP contribution < -0.4 is 15.4 Å². The molecule has 7 nitrogen and oxygen atoms in total. The van der Waals surface area contributed by atoms with Gasteiger partial charge in [0.15, 0.2) is 5.82 Å². The van der Waals surface area contributed by atoms with Gasteiger partial charge in [-0.25, -0.2) is 4.79 Å². The number of hydrogen-bond donors (Lipinski definition) is 2. The minimum atomic E-state index is -0.276. The first kappa shape index (κ1) is 16.3. The van der Waals surface area contributed by atoms with Gasteiger partial charge in [-0.15, -0.1) is 0 Å². The van der Waals surface area contributed by atoms with Crippen LogP contribution in [0.5, 0.6) is 5.75 Å². The molecular weight excluding hydrogens is 308 g/mol. The molecule has 24 heavy (non-hydrogen) atoms. The number of amides is 2. The van der Waals surface area contributed by atoms with Gasteiger partial charge in [-0.3, -0.25) is 0 Å². The summed E-state index contributed by atoms with van der Waals surface area (Å²) in [4.78, 5) is 16.5. The van der Waals surface area contributed by atoms with Crippen molar-refractivity contribution in [3.05, 3.63) is 41.5 Å². The Labute approximate surface area is 140 Å². The molecule has 2 aromatic rings. The number of rotatable bonds is 5. The van der Waals surface area contributed by atoms with Crippen molar-refractivity contribution < 1.29 is 14.1 Å². The summed E-state index contributed by atoms with van der Waals surface area (Å²) >= 11 is 0. The smallest absolute Gasteiger partial charge is 0.315 e. The van der Waals surface area contributed by atoms with E-state index in [2.05, 4.69) is 20.8 Å². The number of para-hydroxylation sites is 1. The average molecular weight is 330 g/mol. The second-order valence-corrected chi connectivity index (χ2v) is 5.99. The molecule has 128 valence electrons. The second-order valence-electron chi connectivity index (χ2n) is 5.99. The maximum Gasteiger partial charge on any atom is 0.315 e. The number of nitrogens with one attached hydrogen (secondary N) is 2. The quantitative estimate of drug-likeness (QED) is 0.880. The first-order valence-electron chi connectivity index (χ1n) is 8.17. The predicted octanol–water partition coefficient (Wildman–Crippen LogP) is 2.69. The number of fused-ring (bicyclic) bond motifs is 1. The van der Waals surface area contributed by atoms with Crippen LogP contribution in [-0.4, -0.2) is 28.8 Å². The van der Waals surface area contributed by atoms with E-state index in [4.69, 9.17) is 9.26 Å². The van der Waals surface area contributed by atoms with Gasteiger partial charge in [-0.1, -0.05) is 30.3 Å². The van der Waals surface area contributed by atoms with Crippen LogP contribution in [0.3, 0.4) is 0 Å². The van der Waals surface area contributed by atoms with Crippen LogP contribution in [0.4, 0.5) is 4.79 Å². The van der Waals surface area contributed by atoms with E-state index in [1.807, 2.05) is 38.1 Å². The molecular formula is C17H22N4O3. The summed E-state index contributed by atoms with van der Waals surface area (Å²) in [6.07, 6.45) is 0.677. The Morgan fingerprint density at radius 3 is 2.88 bits per heavy atom. The lowest BCUT2D eigenvalue weighted by Crippen LogP contribution is -2.45. The van der Waals surface area contributed by atoms with Crippen LogP contribution in [0.15, 0.2) is 28.8 Å². The van der Waals surface area contributed by atoms with Gasteiger partial charge in [0.05, 0.1) is 12.6 Å². The third-order valence-corrected chi connectivity index (χ3v) is 4.27. The zero-order chi connectivity index (χ0) is 17.1. The molecule has 3 unspecified atom stereocenters. The highest BCUT2D eigenvalue weighted by Gasteiger charge is 2.30. The van der Waals surface area contributed by atoms with Gasteiger partial charge in [0, 0.05) is 24.4 Å². The number of hydrogen-bond acceptors (Lipinski definition) is 5. The molecule has 2 heterocycles. The van der Waals surface area contributed by atoms with Crippen molar-refractivity contribution in [2.75, 3.05) is 6.61 Å². The maximum atomic E-state index is 12.3. The number of urea groups is 1. The van der Waals surface area contributed by atoms with Crippen molar-refractivity contribution in [3.63, 3.8) is 0 Å². The van der Waals surface area contributed by atoms with Gasteiger partial charge in [0.25, 0.3) is 0 Å². The van der Waals surface area contributed by atoms with Gasteiger partial charge >= 0.3 is 6.03 Å². The number of carbonyl (C=O) groups is 1. The maximum absolute atomic E-state index is 12.3. The van der Waals surface area contributed by atoms with E-state index in [1.165, 1.54) is 0 Å². The Morgan fingerprint density at radius 1 is 1.38 bits per heavy atom. The van der Waals surface area contributed by atoms with Gasteiger partial charge in [-0.05, 0) is 19.4 Å². The molecule has 0 saturated carbocycles. The fraction of sp³-hybridized carbons (Fsp3) is 0.471. The second kappa shape index (κ2) is 6.90. The summed E-state index contributed by atoms with van der Waals surface area (Å²) in [7, 11) is 0. The monoisotopic (exact) mass is 330 g/mol.